The second-order valence-electron chi connectivity index (χ2n) is 8.25. The third-order valence-electron chi connectivity index (χ3n) is 5.18. The Labute approximate surface area is 219 Å². The van der Waals surface area contributed by atoms with Crippen molar-refractivity contribution in [3.05, 3.63) is 41.7 Å². The zero-order valence-corrected chi connectivity index (χ0v) is 20.2. The first kappa shape index (κ1) is 31.9. The molecule has 1 aromatic carbocycles. The normalized spacial score (nSPS) is 15.5. The van der Waals surface area contributed by atoms with Crippen molar-refractivity contribution in [1.29, 1.82) is 0 Å². The summed E-state index contributed by atoms with van der Waals surface area (Å²) in [6.07, 6.45) is -6.38. The van der Waals surface area contributed by atoms with Gasteiger partial charge in [0.2, 0.25) is 0 Å². The fraction of sp³-hybridized carbons (Fsp3) is 0.429. The van der Waals surface area contributed by atoms with E-state index in [4.69, 9.17) is 25.5 Å². The number of alkyl halides is 6. The van der Waals surface area contributed by atoms with E-state index in [1.807, 2.05) is 6.20 Å². The van der Waals surface area contributed by atoms with E-state index >= 15 is 0 Å². The lowest BCUT2D eigenvalue weighted by atomic mass is 9.98. The van der Waals surface area contributed by atoms with Crippen LogP contribution in [0, 0.1) is 11.7 Å². The van der Waals surface area contributed by atoms with Gasteiger partial charge in [0.15, 0.2) is 5.82 Å². The number of H-pyrrole nitrogens is 1. The Kier molecular flexibility index (Phi) is 10.5. The maximum Gasteiger partial charge on any atom is 0.490 e. The number of carbonyl (C=O) groups is 3. The first-order valence-electron chi connectivity index (χ1n) is 11.1. The van der Waals surface area contributed by atoms with Crippen molar-refractivity contribution in [2.24, 2.45) is 11.7 Å². The van der Waals surface area contributed by atoms with Crippen LogP contribution in [0.15, 0.2) is 24.4 Å². The number of rotatable bonds is 4. The van der Waals surface area contributed by atoms with Crippen molar-refractivity contribution in [3.8, 4) is 0 Å². The Bertz CT molecular complexity index is 1300. The molecule has 1 aliphatic heterocycles. The van der Waals surface area contributed by atoms with Gasteiger partial charge in [-0.1, -0.05) is 5.21 Å². The molecule has 3 heterocycles. The number of piperidine rings is 1. The van der Waals surface area contributed by atoms with Crippen LogP contribution >= 0.6 is 0 Å². The average molecular weight is 585 g/mol. The van der Waals surface area contributed by atoms with Gasteiger partial charge < -0.3 is 25.8 Å². The molecule has 1 aliphatic rings. The maximum atomic E-state index is 13.3. The summed E-state index contributed by atoms with van der Waals surface area (Å²) in [6, 6.07) is 4.25. The fourth-order valence-electron chi connectivity index (χ4n) is 3.42. The summed E-state index contributed by atoms with van der Waals surface area (Å²) in [4.78, 5) is 39.6. The van der Waals surface area contributed by atoms with Crippen LogP contribution in [0.2, 0.25) is 0 Å². The molecule has 0 aliphatic carbocycles. The number of aromatic nitrogens is 5. The van der Waals surface area contributed by atoms with E-state index in [-0.39, 0.29) is 17.5 Å². The van der Waals surface area contributed by atoms with Crippen LogP contribution in [-0.4, -0.2) is 83.4 Å². The molecule has 4 rings (SSSR count). The Hall–Kier alpha value is -4.29. The largest absolute Gasteiger partial charge is 0.490 e. The van der Waals surface area contributed by atoms with Gasteiger partial charge >= 0.3 is 24.3 Å². The highest BCUT2D eigenvalue weighted by molar-refractivity contribution is 5.94. The molecule has 220 valence electrons. The van der Waals surface area contributed by atoms with Gasteiger partial charge in [-0.2, -0.15) is 26.3 Å². The second kappa shape index (κ2) is 13.2. The summed E-state index contributed by atoms with van der Waals surface area (Å²) >= 11 is 0. The highest BCUT2D eigenvalue weighted by Crippen LogP contribution is 2.21. The number of hydrogen-bond donors (Lipinski definition) is 4. The third-order valence-corrected chi connectivity index (χ3v) is 5.18. The average Bonchev–Trinajstić information content (AvgIpc) is 3.49. The number of aliphatic carboxylic acids is 2. The Balaban J connectivity index is 0.000000333. The number of fused-ring (bicyclic) bond motifs is 1. The monoisotopic (exact) mass is 585 g/mol. The van der Waals surface area contributed by atoms with E-state index in [0.29, 0.717) is 43.1 Å². The zero-order chi connectivity index (χ0) is 30.3. The number of imidazole rings is 1. The van der Waals surface area contributed by atoms with Crippen LogP contribution in [0.4, 0.5) is 30.7 Å². The van der Waals surface area contributed by atoms with E-state index in [2.05, 4.69) is 20.3 Å². The number of hydrogen-bond acceptors (Lipinski definition) is 7. The smallest absolute Gasteiger partial charge is 0.475 e. The molecule has 1 fully saturated rings. The number of benzene rings is 1. The van der Waals surface area contributed by atoms with Crippen LogP contribution in [0.3, 0.4) is 0 Å². The van der Waals surface area contributed by atoms with Crippen molar-refractivity contribution in [2.75, 3.05) is 13.1 Å². The first-order chi connectivity index (χ1) is 18.5. The van der Waals surface area contributed by atoms with Crippen molar-refractivity contribution < 1.29 is 55.3 Å². The van der Waals surface area contributed by atoms with E-state index < -0.39 is 24.3 Å². The molecule has 5 N–H and O–H groups in total. The molecule has 1 amide bonds. The summed E-state index contributed by atoms with van der Waals surface area (Å²) < 4.78 is 78.6. The number of nitrogens with zero attached hydrogens (tertiary/aromatic N) is 5. The number of halogens is 7. The van der Waals surface area contributed by atoms with Crippen molar-refractivity contribution in [2.45, 2.75) is 38.3 Å². The van der Waals surface area contributed by atoms with Crippen molar-refractivity contribution in [1.82, 2.24) is 29.9 Å². The standard InChI is InChI=1S/C17H20FN7O.2C2HF3O2/c18-12-3-4-14-15(6-12)21-16(20-14)17(26)24-5-1-2-11(8-24)9-25-10-13(7-19)22-23-25;2*3-2(4,5)1(6)7/h3-4,6,10-11H,1-2,5,7-9,19H2,(H,20,21);2*(H,6,7). The predicted octanol–water partition coefficient (Wildman–Crippen LogP) is 2.57. The number of likely N-dealkylation sites (tertiary alicyclic amines) is 1. The predicted molar refractivity (Wildman–Crippen MR) is 120 cm³/mol. The molecular formula is C21H22F7N7O5. The van der Waals surface area contributed by atoms with E-state index in [9.17, 15) is 35.5 Å². The van der Waals surface area contributed by atoms with Gasteiger partial charge in [0.25, 0.3) is 5.91 Å². The lowest BCUT2D eigenvalue weighted by Gasteiger charge is -2.32. The lowest BCUT2D eigenvalue weighted by Crippen LogP contribution is -2.41. The van der Waals surface area contributed by atoms with Gasteiger partial charge in [-0.3, -0.25) is 9.48 Å². The SMILES string of the molecule is NCc1cn(CC2CCCN(C(=O)c3nc4ccc(F)cc4[nH]3)C2)nn1.O=C(O)C(F)(F)F.O=C(O)C(F)(F)F. The first-order valence-corrected chi connectivity index (χ1v) is 11.1. The summed E-state index contributed by atoms with van der Waals surface area (Å²) in [7, 11) is 0. The maximum absolute atomic E-state index is 13.3. The van der Waals surface area contributed by atoms with Gasteiger partial charge in [0.05, 0.1) is 16.7 Å². The number of carboxylic acids is 2. The minimum Gasteiger partial charge on any atom is -0.475 e. The van der Waals surface area contributed by atoms with E-state index in [1.54, 1.807) is 15.6 Å². The van der Waals surface area contributed by atoms with Gasteiger partial charge in [-0.05, 0) is 37.0 Å². The second-order valence-corrected chi connectivity index (χ2v) is 8.25. The van der Waals surface area contributed by atoms with Crippen molar-refractivity contribution in [3.63, 3.8) is 0 Å². The fourth-order valence-corrected chi connectivity index (χ4v) is 3.42. The van der Waals surface area contributed by atoms with E-state index in [0.717, 1.165) is 18.5 Å². The van der Waals surface area contributed by atoms with Gasteiger partial charge in [-0.15, -0.1) is 5.10 Å². The molecule has 0 saturated carbocycles. The summed E-state index contributed by atoms with van der Waals surface area (Å²) in [5.41, 5.74) is 7.42. The minimum atomic E-state index is -5.08. The van der Waals surface area contributed by atoms with Crippen molar-refractivity contribution >= 4 is 28.9 Å². The number of amides is 1. The molecule has 19 heteroatoms. The van der Waals surface area contributed by atoms with Crippen LogP contribution in [0.1, 0.15) is 29.2 Å². The molecule has 3 aromatic rings. The number of nitrogens with one attached hydrogen (secondary N) is 1. The van der Waals surface area contributed by atoms with E-state index in [1.165, 1.54) is 12.1 Å². The Morgan fingerprint density at radius 3 is 2.20 bits per heavy atom. The molecule has 0 radical (unpaired) electrons. The Morgan fingerprint density at radius 2 is 1.68 bits per heavy atom. The molecular weight excluding hydrogens is 563 g/mol. The van der Waals surface area contributed by atoms with Gasteiger partial charge in [0, 0.05) is 32.4 Å². The molecule has 0 spiro atoms. The summed E-state index contributed by atoms with van der Waals surface area (Å²) in [5, 5.41) is 22.3. The van der Waals surface area contributed by atoms with Crippen LogP contribution in [-0.2, 0) is 22.7 Å². The van der Waals surface area contributed by atoms with Gasteiger partial charge in [0.1, 0.15) is 5.82 Å². The summed E-state index contributed by atoms with van der Waals surface area (Å²) in [6.45, 7) is 2.37. The van der Waals surface area contributed by atoms with Crippen LogP contribution in [0.25, 0.3) is 11.0 Å². The van der Waals surface area contributed by atoms with Gasteiger partial charge in [-0.25, -0.2) is 19.0 Å². The molecule has 1 unspecified atom stereocenters. The quantitative estimate of drug-likeness (QED) is 0.335. The molecule has 0 bridgehead atoms. The van der Waals surface area contributed by atoms with Crippen LogP contribution < -0.4 is 5.73 Å². The Morgan fingerprint density at radius 1 is 1.07 bits per heavy atom. The molecule has 1 saturated heterocycles. The molecule has 40 heavy (non-hydrogen) atoms. The number of nitrogens with two attached hydrogens (primary N) is 1. The third kappa shape index (κ3) is 9.47. The summed E-state index contributed by atoms with van der Waals surface area (Å²) in [5.74, 6) is -5.49. The molecule has 1 atom stereocenters. The topological polar surface area (TPSA) is 180 Å². The highest BCUT2D eigenvalue weighted by atomic mass is 19.4. The number of aromatic amines is 1. The highest BCUT2D eigenvalue weighted by Gasteiger charge is 2.38. The molecule has 12 nitrogen and oxygen atoms in total. The minimum absolute atomic E-state index is 0.160. The number of carboxylic acid groups (broad SMARTS) is 2. The molecule has 2 aromatic heterocycles. The van der Waals surface area contributed by atoms with Crippen LogP contribution in [0.5, 0.6) is 0 Å². The number of carbonyl (C=O) groups excluding carboxylic acids is 1. The zero-order valence-electron chi connectivity index (χ0n) is 20.2. The lowest BCUT2D eigenvalue weighted by molar-refractivity contribution is -0.193.